The van der Waals surface area contributed by atoms with E-state index in [0.29, 0.717) is 0 Å². The summed E-state index contributed by atoms with van der Waals surface area (Å²) in [6.45, 7) is 6.36. The fourth-order valence-electron chi connectivity index (χ4n) is 1.75. The minimum absolute atomic E-state index is 0. The summed E-state index contributed by atoms with van der Waals surface area (Å²) in [5, 5.41) is 0. The molecule has 15 heavy (non-hydrogen) atoms. The second-order valence-corrected chi connectivity index (χ2v) is 3.70. The van der Waals surface area contributed by atoms with Crippen LogP contribution < -0.4 is 11.9 Å². The summed E-state index contributed by atoms with van der Waals surface area (Å²) in [6, 6.07) is 0. The average molecular weight is 214 g/mol. The van der Waals surface area contributed by atoms with Gasteiger partial charge in [0.25, 0.3) is 0 Å². The predicted octanol–water partition coefficient (Wildman–Crippen LogP) is 3.33. The molecule has 0 bridgehead atoms. The zero-order valence-electron chi connectivity index (χ0n) is 10.4. The van der Waals surface area contributed by atoms with Gasteiger partial charge in [0.1, 0.15) is 0 Å². The first kappa shape index (κ1) is 16.6. The second kappa shape index (κ2) is 9.71. The van der Waals surface area contributed by atoms with Crippen molar-refractivity contribution >= 4 is 5.91 Å². The van der Waals surface area contributed by atoms with Crippen LogP contribution in [0, 0.1) is 0 Å². The molecule has 0 aliphatic rings. The lowest BCUT2D eigenvalue weighted by atomic mass is 9.96. The van der Waals surface area contributed by atoms with E-state index in [-0.39, 0.29) is 12.1 Å². The van der Waals surface area contributed by atoms with Crippen LogP contribution in [0.15, 0.2) is 11.1 Å². The Balaban J connectivity index is 0. The van der Waals surface area contributed by atoms with Crippen molar-refractivity contribution in [3.63, 3.8) is 0 Å². The van der Waals surface area contributed by atoms with Crippen molar-refractivity contribution < 1.29 is 4.79 Å². The molecule has 0 fully saturated rings. The van der Waals surface area contributed by atoms with Crippen LogP contribution >= 0.6 is 0 Å². The summed E-state index contributed by atoms with van der Waals surface area (Å²) in [6.07, 6.45) is 6.06. The van der Waals surface area contributed by atoms with Gasteiger partial charge in [-0.05, 0) is 19.3 Å². The molecule has 0 spiro atoms. The van der Waals surface area contributed by atoms with E-state index >= 15 is 0 Å². The molecule has 5 N–H and O–H groups in total. The number of carbonyl (C=O) groups excluding carboxylic acids is 1. The number of rotatable bonds is 7. The maximum Gasteiger partial charge on any atom is 0.244 e. The first-order valence-electron chi connectivity index (χ1n) is 5.67. The van der Waals surface area contributed by atoms with Crippen LogP contribution in [-0.4, -0.2) is 5.91 Å². The van der Waals surface area contributed by atoms with Crippen LogP contribution in [0.4, 0.5) is 0 Å². The summed E-state index contributed by atoms with van der Waals surface area (Å²) in [7, 11) is 0. The van der Waals surface area contributed by atoms with Gasteiger partial charge >= 0.3 is 0 Å². The summed E-state index contributed by atoms with van der Waals surface area (Å²) < 4.78 is 0. The van der Waals surface area contributed by atoms with E-state index in [4.69, 9.17) is 5.73 Å². The molecule has 0 aromatic heterocycles. The van der Waals surface area contributed by atoms with Crippen molar-refractivity contribution in [2.45, 2.75) is 59.3 Å². The molecule has 3 heteroatoms. The Labute approximate surface area is 93.7 Å². The van der Waals surface area contributed by atoms with Crippen LogP contribution in [0.2, 0.25) is 0 Å². The van der Waals surface area contributed by atoms with Crippen molar-refractivity contribution in [2.24, 2.45) is 5.73 Å². The normalized spacial score (nSPS) is 9.27. The number of hydrogen-bond donors (Lipinski definition) is 2. The summed E-state index contributed by atoms with van der Waals surface area (Å²) >= 11 is 0. The first-order chi connectivity index (χ1) is 6.67. The largest absolute Gasteiger partial charge is 0.366 e. The Hall–Kier alpha value is -0.830. The summed E-state index contributed by atoms with van der Waals surface area (Å²) in [4.78, 5) is 11.2. The lowest BCUT2D eigenvalue weighted by Gasteiger charge is -2.11. The number of carbonyl (C=O) groups is 1. The van der Waals surface area contributed by atoms with Crippen molar-refractivity contribution in [1.29, 1.82) is 0 Å². The van der Waals surface area contributed by atoms with Crippen molar-refractivity contribution in [2.75, 3.05) is 0 Å². The van der Waals surface area contributed by atoms with Gasteiger partial charge in [-0.2, -0.15) is 0 Å². The van der Waals surface area contributed by atoms with E-state index in [1.165, 1.54) is 5.57 Å². The van der Waals surface area contributed by atoms with Gasteiger partial charge in [-0.25, -0.2) is 0 Å². The Morgan fingerprint density at radius 1 is 0.933 bits per heavy atom. The highest BCUT2D eigenvalue weighted by atomic mass is 16.1. The SMILES string of the molecule is CCCC(CCC)=C(CCC)C(N)=O.N. The predicted molar refractivity (Wildman–Crippen MR) is 66.0 cm³/mol. The third-order valence-corrected chi connectivity index (χ3v) is 2.33. The minimum atomic E-state index is -0.219. The topological polar surface area (TPSA) is 78.1 Å². The zero-order chi connectivity index (χ0) is 11.0. The third kappa shape index (κ3) is 6.28. The van der Waals surface area contributed by atoms with Gasteiger partial charge in [-0.15, -0.1) is 0 Å². The lowest BCUT2D eigenvalue weighted by molar-refractivity contribution is -0.114. The molecule has 0 saturated carbocycles. The van der Waals surface area contributed by atoms with Crippen molar-refractivity contribution in [3.8, 4) is 0 Å². The maximum atomic E-state index is 11.2. The highest BCUT2D eigenvalue weighted by Gasteiger charge is 2.10. The van der Waals surface area contributed by atoms with Gasteiger partial charge in [-0.3, -0.25) is 4.79 Å². The molecule has 0 aromatic rings. The Morgan fingerprint density at radius 3 is 1.60 bits per heavy atom. The van der Waals surface area contributed by atoms with Gasteiger partial charge in [0.2, 0.25) is 5.91 Å². The van der Waals surface area contributed by atoms with Crippen LogP contribution in [0.3, 0.4) is 0 Å². The van der Waals surface area contributed by atoms with Crippen molar-refractivity contribution in [1.82, 2.24) is 6.15 Å². The van der Waals surface area contributed by atoms with E-state index in [1.807, 2.05) is 0 Å². The first-order valence-corrected chi connectivity index (χ1v) is 5.67. The van der Waals surface area contributed by atoms with E-state index in [2.05, 4.69) is 20.8 Å². The second-order valence-electron chi connectivity index (χ2n) is 3.70. The summed E-state index contributed by atoms with van der Waals surface area (Å²) in [5.41, 5.74) is 7.55. The van der Waals surface area contributed by atoms with Gasteiger partial charge in [0.15, 0.2) is 0 Å². The molecular formula is C12H26N2O. The Bertz CT molecular complexity index is 202. The molecule has 90 valence electrons. The number of primary amides is 1. The fraction of sp³-hybridized carbons (Fsp3) is 0.750. The smallest absolute Gasteiger partial charge is 0.244 e. The van der Waals surface area contributed by atoms with Gasteiger partial charge in [-0.1, -0.05) is 45.6 Å². The zero-order valence-corrected chi connectivity index (χ0v) is 10.4. The molecule has 0 heterocycles. The van der Waals surface area contributed by atoms with Crippen LogP contribution in [0.25, 0.3) is 0 Å². The molecular weight excluding hydrogens is 188 g/mol. The Kier molecular flexibility index (Phi) is 10.7. The average Bonchev–Trinajstić information content (AvgIpc) is 2.13. The molecule has 3 nitrogen and oxygen atoms in total. The molecule has 0 saturated heterocycles. The van der Waals surface area contributed by atoms with Crippen LogP contribution in [0.5, 0.6) is 0 Å². The fourth-order valence-corrected chi connectivity index (χ4v) is 1.75. The van der Waals surface area contributed by atoms with E-state index in [1.54, 1.807) is 0 Å². The van der Waals surface area contributed by atoms with Crippen LogP contribution in [0.1, 0.15) is 59.3 Å². The molecule has 0 atom stereocenters. The summed E-state index contributed by atoms with van der Waals surface area (Å²) in [5.74, 6) is -0.219. The minimum Gasteiger partial charge on any atom is -0.366 e. The van der Waals surface area contributed by atoms with E-state index in [9.17, 15) is 4.79 Å². The molecule has 0 aliphatic carbocycles. The van der Waals surface area contributed by atoms with E-state index < -0.39 is 0 Å². The highest BCUT2D eigenvalue weighted by molar-refractivity contribution is 5.92. The monoisotopic (exact) mass is 214 g/mol. The quantitative estimate of drug-likeness (QED) is 0.637. The number of hydrogen-bond acceptors (Lipinski definition) is 2. The molecule has 0 rings (SSSR count). The molecule has 0 aliphatic heterocycles. The molecule has 0 unspecified atom stereocenters. The maximum absolute atomic E-state index is 11.2. The molecule has 1 amide bonds. The van der Waals surface area contributed by atoms with Crippen molar-refractivity contribution in [3.05, 3.63) is 11.1 Å². The van der Waals surface area contributed by atoms with Crippen LogP contribution in [-0.2, 0) is 4.79 Å². The molecule has 0 aromatic carbocycles. The van der Waals surface area contributed by atoms with E-state index in [0.717, 1.165) is 44.1 Å². The highest BCUT2D eigenvalue weighted by Crippen LogP contribution is 2.20. The van der Waals surface area contributed by atoms with Gasteiger partial charge in [0.05, 0.1) is 0 Å². The number of nitrogens with two attached hydrogens (primary N) is 1. The Morgan fingerprint density at radius 2 is 1.33 bits per heavy atom. The van der Waals surface area contributed by atoms with Gasteiger partial charge < -0.3 is 11.9 Å². The number of allylic oxidation sites excluding steroid dienone is 1. The number of amides is 1. The third-order valence-electron chi connectivity index (χ3n) is 2.33. The van der Waals surface area contributed by atoms with Gasteiger partial charge in [0, 0.05) is 5.57 Å². The standard InChI is InChI=1S/C12H23NO.H3N/c1-4-7-10(8-5-2)11(9-6-3)12(13)14;/h4-9H2,1-3H3,(H2,13,14);1H3. The lowest BCUT2D eigenvalue weighted by Crippen LogP contribution is -2.16. The molecule has 0 radical (unpaired) electrons.